The number of carbonyl (C=O) groups is 1. The van der Waals surface area contributed by atoms with Crippen molar-refractivity contribution in [3.8, 4) is 0 Å². The highest BCUT2D eigenvalue weighted by molar-refractivity contribution is 6.04. The van der Waals surface area contributed by atoms with E-state index in [2.05, 4.69) is 5.10 Å². The minimum Gasteiger partial charge on any atom is -0.337 e. The lowest BCUT2D eigenvalue weighted by Gasteiger charge is -2.18. The van der Waals surface area contributed by atoms with Gasteiger partial charge >= 0.3 is 0 Å². The summed E-state index contributed by atoms with van der Waals surface area (Å²) >= 11 is 0. The summed E-state index contributed by atoms with van der Waals surface area (Å²) in [5, 5.41) is 5.57. The fraction of sp³-hybridized carbons (Fsp3) is 0.438. The summed E-state index contributed by atoms with van der Waals surface area (Å²) in [5.74, 6) is -0.0712. The molecule has 2 aromatic rings. The molecule has 0 atom stereocenters. The number of hydrogen-bond acceptors (Lipinski definition) is 3. The summed E-state index contributed by atoms with van der Waals surface area (Å²) in [5.41, 5.74) is 0.249. The Labute approximate surface area is 123 Å². The van der Waals surface area contributed by atoms with Gasteiger partial charge in [-0.25, -0.2) is 4.68 Å². The van der Waals surface area contributed by atoms with Gasteiger partial charge in [-0.3, -0.25) is 9.59 Å². The molecule has 1 aromatic heterocycles. The second kappa shape index (κ2) is 5.31. The molecule has 21 heavy (non-hydrogen) atoms. The number of aromatic nitrogens is 2. The summed E-state index contributed by atoms with van der Waals surface area (Å²) in [7, 11) is 0. The van der Waals surface area contributed by atoms with Crippen LogP contribution in [0, 0.1) is 0 Å². The lowest BCUT2D eigenvalue weighted by Crippen LogP contribution is -2.33. The standard InChI is InChI=1S/C16H19N3O2/c1-11(2)19-15(20)13-8-4-3-7-12(13)14(17-19)16(21)18-9-5-6-10-18/h3-4,7-8,11H,5-6,9-10H2,1-2H3. The quantitative estimate of drug-likeness (QED) is 0.850. The van der Waals surface area contributed by atoms with Gasteiger partial charge in [0.2, 0.25) is 0 Å². The highest BCUT2D eigenvalue weighted by Gasteiger charge is 2.24. The van der Waals surface area contributed by atoms with Gasteiger partial charge in [0.05, 0.1) is 11.4 Å². The highest BCUT2D eigenvalue weighted by atomic mass is 16.2. The average Bonchev–Trinajstić information content (AvgIpc) is 3.01. The van der Waals surface area contributed by atoms with Crippen molar-refractivity contribution in [3.05, 3.63) is 40.3 Å². The fourth-order valence-electron chi connectivity index (χ4n) is 2.78. The molecule has 1 saturated heterocycles. The molecule has 0 unspecified atom stereocenters. The molecule has 1 aliphatic rings. The molecule has 0 radical (unpaired) electrons. The lowest BCUT2D eigenvalue weighted by molar-refractivity contribution is 0.0786. The second-order valence-corrected chi connectivity index (χ2v) is 5.74. The third kappa shape index (κ3) is 2.33. The van der Waals surface area contributed by atoms with Crippen LogP contribution in [0.3, 0.4) is 0 Å². The molecule has 5 nitrogen and oxygen atoms in total. The highest BCUT2D eigenvalue weighted by Crippen LogP contribution is 2.18. The van der Waals surface area contributed by atoms with E-state index < -0.39 is 0 Å². The Kier molecular flexibility index (Phi) is 3.49. The molecule has 110 valence electrons. The Morgan fingerprint density at radius 3 is 2.38 bits per heavy atom. The maximum absolute atomic E-state index is 12.7. The van der Waals surface area contributed by atoms with E-state index in [1.807, 2.05) is 30.9 Å². The van der Waals surface area contributed by atoms with Crippen molar-refractivity contribution >= 4 is 16.7 Å². The van der Waals surface area contributed by atoms with E-state index in [1.165, 1.54) is 4.68 Å². The van der Waals surface area contributed by atoms with Gasteiger partial charge in [0.1, 0.15) is 0 Å². The summed E-state index contributed by atoms with van der Waals surface area (Å²) in [6, 6.07) is 7.14. The van der Waals surface area contributed by atoms with Crippen LogP contribution in [0.25, 0.3) is 10.8 Å². The van der Waals surface area contributed by atoms with Crippen molar-refractivity contribution in [3.63, 3.8) is 0 Å². The molecule has 0 bridgehead atoms. The molecular weight excluding hydrogens is 266 g/mol. The molecule has 0 spiro atoms. The van der Waals surface area contributed by atoms with Crippen LogP contribution in [0.15, 0.2) is 29.1 Å². The number of likely N-dealkylation sites (tertiary alicyclic amines) is 1. The molecule has 0 N–H and O–H groups in total. The smallest absolute Gasteiger partial charge is 0.274 e. The van der Waals surface area contributed by atoms with Crippen molar-refractivity contribution in [1.29, 1.82) is 0 Å². The third-order valence-electron chi connectivity index (χ3n) is 3.91. The van der Waals surface area contributed by atoms with Crippen molar-refractivity contribution < 1.29 is 4.79 Å². The maximum Gasteiger partial charge on any atom is 0.274 e. The zero-order valence-corrected chi connectivity index (χ0v) is 12.4. The fourth-order valence-corrected chi connectivity index (χ4v) is 2.78. The molecular formula is C16H19N3O2. The maximum atomic E-state index is 12.7. The molecule has 2 heterocycles. The van der Waals surface area contributed by atoms with Gasteiger partial charge in [-0.2, -0.15) is 5.10 Å². The number of rotatable bonds is 2. The van der Waals surface area contributed by atoms with Gasteiger partial charge in [-0.15, -0.1) is 0 Å². The van der Waals surface area contributed by atoms with Crippen LogP contribution in [0.5, 0.6) is 0 Å². The number of hydrogen-bond donors (Lipinski definition) is 0. The predicted octanol–water partition coefficient (Wildman–Crippen LogP) is 2.21. The van der Waals surface area contributed by atoms with E-state index >= 15 is 0 Å². The van der Waals surface area contributed by atoms with Crippen LogP contribution in [0.2, 0.25) is 0 Å². The number of amides is 1. The van der Waals surface area contributed by atoms with Crippen LogP contribution in [0.4, 0.5) is 0 Å². The van der Waals surface area contributed by atoms with Crippen LogP contribution in [0.1, 0.15) is 43.2 Å². The van der Waals surface area contributed by atoms with Gasteiger partial charge in [0.25, 0.3) is 11.5 Å². The number of benzene rings is 1. The molecule has 0 saturated carbocycles. The number of fused-ring (bicyclic) bond motifs is 1. The van der Waals surface area contributed by atoms with Crippen LogP contribution in [-0.2, 0) is 0 Å². The number of nitrogens with zero attached hydrogens (tertiary/aromatic N) is 3. The summed E-state index contributed by atoms with van der Waals surface area (Å²) < 4.78 is 1.41. The van der Waals surface area contributed by atoms with Crippen molar-refractivity contribution in [2.45, 2.75) is 32.7 Å². The monoisotopic (exact) mass is 285 g/mol. The first-order valence-electron chi connectivity index (χ1n) is 7.40. The van der Waals surface area contributed by atoms with Crippen LogP contribution in [-0.4, -0.2) is 33.7 Å². The van der Waals surface area contributed by atoms with Crippen LogP contribution >= 0.6 is 0 Å². The Bertz CT molecular complexity index is 743. The molecule has 1 fully saturated rings. The van der Waals surface area contributed by atoms with E-state index in [9.17, 15) is 9.59 Å². The first-order valence-corrected chi connectivity index (χ1v) is 7.40. The minimum atomic E-state index is -0.140. The number of carbonyl (C=O) groups excluding carboxylic acids is 1. The SMILES string of the molecule is CC(C)n1nc(C(=O)N2CCCC2)c2ccccc2c1=O. The van der Waals surface area contributed by atoms with E-state index in [0.29, 0.717) is 16.5 Å². The Morgan fingerprint density at radius 2 is 1.76 bits per heavy atom. The Balaban J connectivity index is 2.23. The average molecular weight is 285 g/mol. The van der Waals surface area contributed by atoms with Crippen molar-refractivity contribution in [2.75, 3.05) is 13.1 Å². The molecule has 5 heteroatoms. The summed E-state index contributed by atoms with van der Waals surface area (Å²) in [6.07, 6.45) is 2.07. The van der Waals surface area contributed by atoms with Gasteiger partial charge in [-0.05, 0) is 32.8 Å². The van der Waals surface area contributed by atoms with E-state index in [-0.39, 0.29) is 17.5 Å². The van der Waals surface area contributed by atoms with Gasteiger partial charge in [0.15, 0.2) is 5.69 Å². The van der Waals surface area contributed by atoms with Crippen molar-refractivity contribution in [1.82, 2.24) is 14.7 Å². The Morgan fingerprint density at radius 1 is 1.14 bits per heavy atom. The van der Waals surface area contributed by atoms with Gasteiger partial charge in [-0.1, -0.05) is 18.2 Å². The van der Waals surface area contributed by atoms with Crippen molar-refractivity contribution in [2.24, 2.45) is 0 Å². The lowest BCUT2D eigenvalue weighted by atomic mass is 10.1. The molecule has 1 amide bonds. The summed E-state index contributed by atoms with van der Waals surface area (Å²) in [6.45, 7) is 5.34. The van der Waals surface area contributed by atoms with E-state index in [1.54, 1.807) is 12.1 Å². The molecule has 0 aliphatic carbocycles. The van der Waals surface area contributed by atoms with E-state index in [4.69, 9.17) is 0 Å². The first-order chi connectivity index (χ1) is 10.1. The predicted molar refractivity (Wildman–Crippen MR) is 81.5 cm³/mol. The molecule has 1 aliphatic heterocycles. The minimum absolute atomic E-state index is 0.0712. The molecule has 3 rings (SSSR count). The van der Waals surface area contributed by atoms with Crippen LogP contribution < -0.4 is 5.56 Å². The van der Waals surface area contributed by atoms with Gasteiger partial charge < -0.3 is 4.90 Å². The normalized spacial score (nSPS) is 15.1. The first kappa shape index (κ1) is 13.8. The van der Waals surface area contributed by atoms with E-state index in [0.717, 1.165) is 25.9 Å². The zero-order chi connectivity index (χ0) is 15.0. The molecule has 1 aromatic carbocycles. The second-order valence-electron chi connectivity index (χ2n) is 5.74. The largest absolute Gasteiger partial charge is 0.337 e. The third-order valence-corrected chi connectivity index (χ3v) is 3.91. The Hall–Kier alpha value is -2.17. The summed E-state index contributed by atoms with van der Waals surface area (Å²) in [4.78, 5) is 27.0. The van der Waals surface area contributed by atoms with Gasteiger partial charge in [0, 0.05) is 18.5 Å². The zero-order valence-electron chi connectivity index (χ0n) is 12.4. The topological polar surface area (TPSA) is 55.2 Å².